The van der Waals surface area contributed by atoms with Crippen LogP contribution >= 0.6 is 11.8 Å². The van der Waals surface area contributed by atoms with Gasteiger partial charge in [0.05, 0.1) is 5.69 Å². The SMILES string of the molecule is O=C(Cn1cc(CSc2ccccc2)nn1)OCc1ccccc1. The molecule has 0 N–H and O–H groups in total. The van der Waals surface area contributed by atoms with Crippen molar-refractivity contribution in [3.63, 3.8) is 0 Å². The molecule has 3 aromatic rings. The molecule has 122 valence electrons. The number of nitrogens with zero attached hydrogens (tertiary/aromatic N) is 3. The number of carbonyl (C=O) groups excluding carboxylic acids is 1. The summed E-state index contributed by atoms with van der Waals surface area (Å²) < 4.78 is 6.75. The summed E-state index contributed by atoms with van der Waals surface area (Å²) in [7, 11) is 0. The molecule has 0 aliphatic heterocycles. The monoisotopic (exact) mass is 339 g/mol. The zero-order chi connectivity index (χ0) is 16.6. The van der Waals surface area contributed by atoms with Crippen molar-refractivity contribution in [2.24, 2.45) is 0 Å². The molecule has 3 rings (SSSR count). The second-order valence-electron chi connectivity index (χ2n) is 5.16. The van der Waals surface area contributed by atoms with Gasteiger partial charge in [-0.15, -0.1) is 16.9 Å². The van der Waals surface area contributed by atoms with Crippen LogP contribution in [0, 0.1) is 0 Å². The third kappa shape index (κ3) is 4.96. The van der Waals surface area contributed by atoms with Crippen molar-refractivity contribution >= 4 is 17.7 Å². The molecule has 0 saturated carbocycles. The highest BCUT2D eigenvalue weighted by Gasteiger charge is 2.08. The van der Waals surface area contributed by atoms with Crippen LogP contribution in [-0.2, 0) is 28.4 Å². The fraction of sp³-hybridized carbons (Fsp3) is 0.167. The molecule has 0 amide bonds. The smallest absolute Gasteiger partial charge is 0.328 e. The maximum atomic E-state index is 11.9. The van der Waals surface area contributed by atoms with Crippen LogP contribution in [0.15, 0.2) is 71.8 Å². The molecule has 1 heterocycles. The van der Waals surface area contributed by atoms with Crippen LogP contribution in [0.2, 0.25) is 0 Å². The van der Waals surface area contributed by atoms with E-state index in [-0.39, 0.29) is 19.1 Å². The van der Waals surface area contributed by atoms with E-state index in [1.807, 2.05) is 48.5 Å². The van der Waals surface area contributed by atoms with Gasteiger partial charge in [0.15, 0.2) is 0 Å². The lowest BCUT2D eigenvalue weighted by Gasteiger charge is -2.04. The number of thioether (sulfide) groups is 1. The average molecular weight is 339 g/mol. The first kappa shape index (κ1) is 16.3. The van der Waals surface area contributed by atoms with E-state index in [1.165, 1.54) is 9.58 Å². The minimum absolute atomic E-state index is 0.0653. The zero-order valence-electron chi connectivity index (χ0n) is 13.0. The molecule has 24 heavy (non-hydrogen) atoms. The first-order valence-electron chi connectivity index (χ1n) is 7.56. The van der Waals surface area contributed by atoms with Gasteiger partial charge in [-0.3, -0.25) is 4.79 Å². The first-order valence-corrected chi connectivity index (χ1v) is 8.54. The molecule has 5 nitrogen and oxygen atoms in total. The van der Waals surface area contributed by atoms with Crippen LogP contribution in [0.4, 0.5) is 0 Å². The molecule has 0 atom stereocenters. The van der Waals surface area contributed by atoms with E-state index in [0.29, 0.717) is 5.75 Å². The molecule has 0 saturated heterocycles. The number of esters is 1. The Hall–Kier alpha value is -2.60. The summed E-state index contributed by atoms with van der Waals surface area (Å²) in [6.45, 7) is 0.334. The van der Waals surface area contributed by atoms with Crippen molar-refractivity contribution in [2.75, 3.05) is 0 Å². The molecule has 0 radical (unpaired) electrons. The standard InChI is InChI=1S/C18H17N3O2S/c22-18(23-13-15-7-3-1-4-8-15)12-21-11-16(19-20-21)14-24-17-9-5-2-6-10-17/h1-11H,12-14H2. The number of carbonyl (C=O) groups is 1. The highest BCUT2D eigenvalue weighted by molar-refractivity contribution is 7.98. The predicted molar refractivity (Wildman–Crippen MR) is 92.3 cm³/mol. The number of ether oxygens (including phenoxy) is 1. The zero-order valence-corrected chi connectivity index (χ0v) is 13.9. The summed E-state index contributed by atoms with van der Waals surface area (Å²) >= 11 is 1.68. The molecule has 0 bridgehead atoms. The van der Waals surface area contributed by atoms with Gasteiger partial charge in [0.1, 0.15) is 13.2 Å². The summed E-state index contributed by atoms with van der Waals surface area (Å²) in [5.74, 6) is 0.384. The van der Waals surface area contributed by atoms with Crippen LogP contribution in [0.25, 0.3) is 0 Å². The van der Waals surface area contributed by atoms with Crippen molar-refractivity contribution in [2.45, 2.75) is 23.8 Å². The summed E-state index contributed by atoms with van der Waals surface area (Å²) in [4.78, 5) is 13.0. The van der Waals surface area contributed by atoms with Gasteiger partial charge in [0.25, 0.3) is 0 Å². The third-order valence-corrected chi connectivity index (χ3v) is 4.30. The number of benzene rings is 2. The topological polar surface area (TPSA) is 57.0 Å². The van der Waals surface area contributed by atoms with E-state index in [2.05, 4.69) is 22.4 Å². The molecular formula is C18H17N3O2S. The van der Waals surface area contributed by atoms with Crippen molar-refractivity contribution in [1.82, 2.24) is 15.0 Å². The first-order chi connectivity index (χ1) is 11.8. The molecule has 0 spiro atoms. The maximum absolute atomic E-state index is 11.9. The Labute approximate surface area is 144 Å². The fourth-order valence-electron chi connectivity index (χ4n) is 2.07. The quantitative estimate of drug-likeness (QED) is 0.488. The van der Waals surface area contributed by atoms with Gasteiger partial charge in [0.2, 0.25) is 0 Å². The van der Waals surface area contributed by atoms with Gasteiger partial charge >= 0.3 is 5.97 Å². The predicted octanol–water partition coefficient (Wildman–Crippen LogP) is 3.31. The van der Waals surface area contributed by atoms with E-state index in [4.69, 9.17) is 4.74 Å². The van der Waals surface area contributed by atoms with Gasteiger partial charge in [-0.1, -0.05) is 53.7 Å². The lowest BCUT2D eigenvalue weighted by atomic mass is 10.2. The Morgan fingerprint density at radius 3 is 2.50 bits per heavy atom. The Kier molecular flexibility index (Phi) is 5.63. The lowest BCUT2D eigenvalue weighted by Crippen LogP contribution is -2.14. The highest BCUT2D eigenvalue weighted by atomic mass is 32.2. The van der Waals surface area contributed by atoms with Gasteiger partial charge in [-0.05, 0) is 17.7 Å². The van der Waals surface area contributed by atoms with Crippen molar-refractivity contribution in [3.8, 4) is 0 Å². The summed E-state index contributed by atoms with van der Waals surface area (Å²) in [5.41, 5.74) is 1.80. The van der Waals surface area contributed by atoms with E-state index in [0.717, 1.165) is 11.3 Å². The van der Waals surface area contributed by atoms with E-state index in [1.54, 1.807) is 18.0 Å². The minimum atomic E-state index is -0.328. The van der Waals surface area contributed by atoms with Crippen LogP contribution in [0.3, 0.4) is 0 Å². The number of hydrogen-bond acceptors (Lipinski definition) is 5. The molecule has 1 aromatic heterocycles. The molecule has 2 aromatic carbocycles. The fourth-order valence-corrected chi connectivity index (χ4v) is 2.87. The van der Waals surface area contributed by atoms with E-state index < -0.39 is 0 Å². The third-order valence-electron chi connectivity index (χ3n) is 3.25. The largest absolute Gasteiger partial charge is 0.459 e. The Morgan fingerprint density at radius 1 is 1.04 bits per heavy atom. The van der Waals surface area contributed by atoms with Crippen LogP contribution < -0.4 is 0 Å². The van der Waals surface area contributed by atoms with Crippen LogP contribution in [-0.4, -0.2) is 21.0 Å². The molecule has 6 heteroatoms. The lowest BCUT2D eigenvalue weighted by molar-refractivity contribution is -0.145. The Bertz CT molecular complexity index is 775. The van der Waals surface area contributed by atoms with E-state index in [9.17, 15) is 4.79 Å². The van der Waals surface area contributed by atoms with Gasteiger partial charge < -0.3 is 4.74 Å². The highest BCUT2D eigenvalue weighted by Crippen LogP contribution is 2.20. The van der Waals surface area contributed by atoms with E-state index >= 15 is 0 Å². The second kappa shape index (κ2) is 8.31. The van der Waals surface area contributed by atoms with Gasteiger partial charge in [0, 0.05) is 16.8 Å². The summed E-state index contributed by atoms with van der Waals surface area (Å²) in [6, 6.07) is 19.7. The molecule has 0 aliphatic carbocycles. The molecule has 0 unspecified atom stereocenters. The van der Waals surface area contributed by atoms with Crippen molar-refractivity contribution in [1.29, 1.82) is 0 Å². The van der Waals surface area contributed by atoms with Gasteiger partial charge in [-0.2, -0.15) is 0 Å². The van der Waals surface area contributed by atoms with Crippen LogP contribution in [0.5, 0.6) is 0 Å². The minimum Gasteiger partial charge on any atom is -0.459 e. The normalized spacial score (nSPS) is 10.5. The van der Waals surface area contributed by atoms with Crippen molar-refractivity contribution < 1.29 is 9.53 Å². The Morgan fingerprint density at radius 2 is 1.75 bits per heavy atom. The van der Waals surface area contributed by atoms with Gasteiger partial charge in [-0.25, -0.2) is 4.68 Å². The Balaban J connectivity index is 1.46. The second-order valence-corrected chi connectivity index (χ2v) is 6.20. The molecule has 0 aliphatic rings. The molecular weight excluding hydrogens is 322 g/mol. The molecule has 0 fully saturated rings. The summed E-state index contributed by atoms with van der Waals surface area (Å²) in [6.07, 6.45) is 1.78. The van der Waals surface area contributed by atoms with Crippen molar-refractivity contribution in [3.05, 3.63) is 78.1 Å². The summed E-state index contributed by atoms with van der Waals surface area (Å²) in [5, 5.41) is 8.06. The number of hydrogen-bond donors (Lipinski definition) is 0. The average Bonchev–Trinajstić information content (AvgIpc) is 3.07. The number of rotatable bonds is 7. The maximum Gasteiger partial charge on any atom is 0.328 e. The number of aromatic nitrogens is 3. The van der Waals surface area contributed by atoms with Crippen LogP contribution in [0.1, 0.15) is 11.3 Å².